The molecule has 2 heterocycles. The lowest BCUT2D eigenvalue weighted by molar-refractivity contribution is 0.323. The van der Waals surface area contributed by atoms with Crippen LogP contribution in [0.5, 0.6) is 0 Å². The fourth-order valence-electron chi connectivity index (χ4n) is 5.28. The number of fused-ring (bicyclic) bond motifs is 5. The number of benzene rings is 3. The van der Waals surface area contributed by atoms with Crippen LogP contribution < -0.4 is 9.80 Å². The van der Waals surface area contributed by atoms with E-state index in [1.807, 2.05) is 0 Å². The zero-order chi connectivity index (χ0) is 18.4. The van der Waals surface area contributed by atoms with Gasteiger partial charge in [0.05, 0.1) is 11.4 Å². The van der Waals surface area contributed by atoms with Crippen LogP contribution in [0.15, 0.2) is 78.9 Å². The molecule has 2 heteroatoms. The predicted molar refractivity (Wildman–Crippen MR) is 114 cm³/mol. The lowest BCUT2D eigenvalue weighted by atomic mass is 9.76. The average molecular weight is 354 g/mol. The molecule has 0 saturated carbocycles. The van der Waals surface area contributed by atoms with Crippen LogP contribution in [0, 0.1) is 5.92 Å². The molecule has 0 bridgehead atoms. The van der Waals surface area contributed by atoms with Crippen molar-refractivity contribution >= 4 is 22.7 Å². The standard InChI is InChI=1S/C25H26N2/c1-3-19-20(4-2)25-26(18-12-6-5-7-13-18)23-16-10-11-17-24(23)27(25)22-15-9-8-14-21(19)22/h5-17,19-20,25H,3-4H2,1-2H3. The van der Waals surface area contributed by atoms with Gasteiger partial charge in [0, 0.05) is 17.3 Å². The lowest BCUT2D eigenvalue weighted by Crippen LogP contribution is -2.49. The molecule has 0 spiro atoms. The van der Waals surface area contributed by atoms with E-state index < -0.39 is 0 Å². The Balaban J connectivity index is 1.78. The predicted octanol–water partition coefficient (Wildman–Crippen LogP) is 6.84. The van der Waals surface area contributed by atoms with Gasteiger partial charge in [-0.2, -0.15) is 0 Å². The monoisotopic (exact) mass is 354 g/mol. The van der Waals surface area contributed by atoms with Crippen LogP contribution in [0.4, 0.5) is 22.7 Å². The van der Waals surface area contributed by atoms with Crippen LogP contribution in [0.1, 0.15) is 38.2 Å². The van der Waals surface area contributed by atoms with Gasteiger partial charge in [-0.1, -0.05) is 62.4 Å². The molecule has 2 nitrogen and oxygen atoms in total. The van der Waals surface area contributed by atoms with Crippen LogP contribution in [-0.4, -0.2) is 6.17 Å². The summed E-state index contributed by atoms with van der Waals surface area (Å²) < 4.78 is 0. The third kappa shape index (κ3) is 2.32. The molecule has 0 radical (unpaired) electrons. The van der Waals surface area contributed by atoms with Gasteiger partial charge < -0.3 is 9.80 Å². The quantitative estimate of drug-likeness (QED) is 0.508. The summed E-state index contributed by atoms with van der Waals surface area (Å²) in [5.41, 5.74) is 6.81. The second-order valence-electron chi connectivity index (χ2n) is 7.62. The van der Waals surface area contributed by atoms with Gasteiger partial charge in [-0.05, 0) is 54.7 Å². The van der Waals surface area contributed by atoms with Gasteiger partial charge in [-0.25, -0.2) is 0 Å². The fourth-order valence-corrected chi connectivity index (χ4v) is 5.28. The van der Waals surface area contributed by atoms with Gasteiger partial charge in [0.15, 0.2) is 0 Å². The van der Waals surface area contributed by atoms with Crippen molar-refractivity contribution in [3.63, 3.8) is 0 Å². The Hall–Kier alpha value is -2.74. The molecule has 136 valence electrons. The Morgan fingerprint density at radius 1 is 0.630 bits per heavy atom. The van der Waals surface area contributed by atoms with Gasteiger partial charge in [0.1, 0.15) is 6.17 Å². The van der Waals surface area contributed by atoms with E-state index in [2.05, 4.69) is 103 Å². The number of nitrogens with zero attached hydrogens (tertiary/aromatic N) is 2. The van der Waals surface area contributed by atoms with Crippen LogP contribution in [-0.2, 0) is 0 Å². The van der Waals surface area contributed by atoms with Crippen LogP contribution in [0.2, 0.25) is 0 Å². The highest BCUT2D eigenvalue weighted by molar-refractivity contribution is 5.90. The summed E-state index contributed by atoms with van der Waals surface area (Å²) in [4.78, 5) is 5.17. The number of hydrogen-bond donors (Lipinski definition) is 0. The summed E-state index contributed by atoms with van der Waals surface area (Å²) in [5.74, 6) is 1.17. The van der Waals surface area contributed by atoms with Crippen LogP contribution in [0.3, 0.4) is 0 Å². The van der Waals surface area contributed by atoms with Gasteiger partial charge in [-0.3, -0.25) is 0 Å². The van der Waals surface area contributed by atoms with Crippen molar-refractivity contribution in [2.75, 3.05) is 9.80 Å². The first-order valence-electron chi connectivity index (χ1n) is 10.2. The Morgan fingerprint density at radius 2 is 1.22 bits per heavy atom. The van der Waals surface area contributed by atoms with Crippen LogP contribution in [0.25, 0.3) is 0 Å². The topological polar surface area (TPSA) is 6.48 Å². The highest BCUT2D eigenvalue weighted by atomic mass is 15.4. The summed E-state index contributed by atoms with van der Waals surface area (Å²) in [7, 11) is 0. The molecule has 0 amide bonds. The summed E-state index contributed by atoms with van der Waals surface area (Å²) in [6.07, 6.45) is 2.68. The summed E-state index contributed by atoms with van der Waals surface area (Å²) in [6.45, 7) is 4.69. The van der Waals surface area contributed by atoms with Gasteiger partial charge >= 0.3 is 0 Å². The van der Waals surface area contributed by atoms with E-state index in [4.69, 9.17) is 0 Å². The van der Waals surface area contributed by atoms with Crippen molar-refractivity contribution in [3.8, 4) is 0 Å². The molecular formula is C25H26N2. The second-order valence-corrected chi connectivity index (χ2v) is 7.62. The molecule has 3 atom stereocenters. The first-order chi connectivity index (χ1) is 13.3. The molecule has 3 aromatic rings. The zero-order valence-electron chi connectivity index (χ0n) is 16.0. The van der Waals surface area contributed by atoms with Crippen molar-refractivity contribution in [2.45, 2.75) is 38.8 Å². The molecule has 5 rings (SSSR count). The summed E-state index contributed by atoms with van der Waals surface area (Å²) >= 11 is 0. The molecule has 0 N–H and O–H groups in total. The van der Waals surface area contributed by atoms with E-state index in [0.717, 1.165) is 0 Å². The van der Waals surface area contributed by atoms with E-state index in [1.54, 1.807) is 0 Å². The fraction of sp³-hybridized carbons (Fsp3) is 0.280. The highest BCUT2D eigenvalue weighted by Gasteiger charge is 2.48. The minimum absolute atomic E-state index is 0.328. The normalized spacial score (nSPS) is 23.0. The largest absolute Gasteiger partial charge is 0.318 e. The SMILES string of the molecule is CCC1c2ccccc2N2c3ccccc3N(c3ccccc3)C2C1CC. The third-order valence-electron chi connectivity index (χ3n) is 6.37. The summed E-state index contributed by atoms with van der Waals surface area (Å²) in [6, 6.07) is 28.8. The molecule has 3 aromatic carbocycles. The second kappa shape index (κ2) is 6.45. The molecule has 0 aliphatic carbocycles. The molecule has 0 saturated heterocycles. The Labute approximate surface area is 162 Å². The Bertz CT molecular complexity index is 949. The molecule has 0 aromatic heterocycles. The van der Waals surface area contributed by atoms with Crippen molar-refractivity contribution in [1.82, 2.24) is 0 Å². The van der Waals surface area contributed by atoms with Crippen molar-refractivity contribution in [3.05, 3.63) is 84.4 Å². The van der Waals surface area contributed by atoms with Gasteiger partial charge in [0.2, 0.25) is 0 Å². The molecule has 2 aliphatic heterocycles. The molecule has 2 aliphatic rings. The third-order valence-corrected chi connectivity index (χ3v) is 6.37. The average Bonchev–Trinajstić information content (AvgIpc) is 3.08. The molecular weight excluding hydrogens is 328 g/mol. The Morgan fingerprint density at radius 3 is 1.89 bits per heavy atom. The van der Waals surface area contributed by atoms with Crippen molar-refractivity contribution < 1.29 is 0 Å². The lowest BCUT2D eigenvalue weighted by Gasteiger charge is -2.47. The highest BCUT2D eigenvalue weighted by Crippen LogP contribution is 2.57. The Kier molecular flexibility index (Phi) is 3.93. The minimum atomic E-state index is 0.328. The molecule has 0 fully saturated rings. The van der Waals surface area contributed by atoms with E-state index in [1.165, 1.54) is 41.2 Å². The zero-order valence-corrected chi connectivity index (χ0v) is 16.0. The van der Waals surface area contributed by atoms with Crippen LogP contribution >= 0.6 is 0 Å². The van der Waals surface area contributed by atoms with Gasteiger partial charge in [-0.15, -0.1) is 0 Å². The first-order valence-corrected chi connectivity index (χ1v) is 10.2. The molecule has 3 unspecified atom stereocenters. The number of para-hydroxylation sites is 4. The number of hydrogen-bond acceptors (Lipinski definition) is 2. The summed E-state index contributed by atoms with van der Waals surface area (Å²) in [5, 5.41) is 0. The maximum absolute atomic E-state index is 2.60. The number of rotatable bonds is 3. The van der Waals surface area contributed by atoms with Gasteiger partial charge in [0.25, 0.3) is 0 Å². The van der Waals surface area contributed by atoms with E-state index in [0.29, 0.717) is 18.0 Å². The first kappa shape index (κ1) is 16.4. The van der Waals surface area contributed by atoms with Crippen molar-refractivity contribution in [1.29, 1.82) is 0 Å². The maximum atomic E-state index is 2.60. The van der Waals surface area contributed by atoms with E-state index in [-0.39, 0.29) is 0 Å². The van der Waals surface area contributed by atoms with Crippen molar-refractivity contribution in [2.24, 2.45) is 5.92 Å². The minimum Gasteiger partial charge on any atom is -0.318 e. The number of anilines is 4. The van der Waals surface area contributed by atoms with E-state index >= 15 is 0 Å². The smallest absolute Gasteiger partial charge is 0.114 e. The van der Waals surface area contributed by atoms with E-state index in [9.17, 15) is 0 Å². The molecule has 27 heavy (non-hydrogen) atoms. The maximum Gasteiger partial charge on any atom is 0.114 e.